The maximum Gasteiger partial charge on any atom is 0.147 e. The summed E-state index contributed by atoms with van der Waals surface area (Å²) < 4.78 is 1.93. The van der Waals surface area contributed by atoms with Crippen LogP contribution in [0.2, 0.25) is 0 Å². The van der Waals surface area contributed by atoms with E-state index in [1.165, 1.54) is 33.4 Å². The van der Waals surface area contributed by atoms with Crippen molar-refractivity contribution in [3.05, 3.63) is 94.7 Å². The number of aryl methyl sites for hydroxylation is 3. The second-order valence-electron chi connectivity index (χ2n) is 5.91. The predicted molar refractivity (Wildman–Crippen MR) is 93.9 cm³/mol. The highest BCUT2D eigenvalue weighted by Gasteiger charge is 2.18. The van der Waals surface area contributed by atoms with E-state index in [1.807, 2.05) is 16.8 Å². The molecule has 0 radical (unpaired) electrons. The number of benzene rings is 2. The third-order valence-corrected chi connectivity index (χ3v) is 4.07. The van der Waals surface area contributed by atoms with Crippen LogP contribution in [-0.4, -0.2) is 11.3 Å². The Morgan fingerprint density at radius 3 is 2.23 bits per heavy atom. The highest BCUT2D eigenvalue weighted by atomic mass is 15.0. The highest BCUT2D eigenvalue weighted by molar-refractivity contribution is 5.80. The van der Waals surface area contributed by atoms with Crippen molar-refractivity contribution in [3.8, 4) is 0 Å². The van der Waals surface area contributed by atoms with Gasteiger partial charge in [0, 0.05) is 0 Å². The molecule has 0 bridgehead atoms. The molecule has 0 amide bonds. The summed E-state index contributed by atoms with van der Waals surface area (Å²) in [4.78, 5) is 0. The molecule has 0 fully saturated rings. The predicted octanol–water partition coefficient (Wildman–Crippen LogP) is 4.82. The van der Waals surface area contributed by atoms with E-state index >= 15 is 0 Å². The van der Waals surface area contributed by atoms with E-state index in [0.717, 1.165) is 6.04 Å². The number of hydrogen-bond acceptors (Lipinski definition) is 0. The molecule has 0 aliphatic carbocycles. The van der Waals surface area contributed by atoms with E-state index < -0.39 is 0 Å². The van der Waals surface area contributed by atoms with Gasteiger partial charge in [0.25, 0.3) is 0 Å². The van der Waals surface area contributed by atoms with Crippen LogP contribution in [0.5, 0.6) is 0 Å². The third-order valence-electron chi connectivity index (χ3n) is 4.07. The van der Waals surface area contributed by atoms with Gasteiger partial charge >= 0.3 is 0 Å². The molecular weight excluding hydrogens is 266 g/mol. The normalized spacial score (nSPS) is 14.2. The summed E-state index contributed by atoms with van der Waals surface area (Å²) in [5, 5.41) is 0. The zero-order chi connectivity index (χ0) is 15.7. The molecule has 1 heterocycles. The third kappa shape index (κ3) is 2.62. The lowest BCUT2D eigenvalue weighted by Crippen LogP contribution is -2.14. The van der Waals surface area contributed by atoms with E-state index in [4.69, 9.17) is 0 Å². The summed E-state index contributed by atoms with van der Waals surface area (Å²) in [6.07, 6.45) is 6.41. The summed E-state index contributed by atoms with van der Waals surface area (Å²) in [7, 11) is 0. The molecule has 0 spiro atoms. The monoisotopic (exact) mass is 287 g/mol. The summed E-state index contributed by atoms with van der Waals surface area (Å²) in [5.41, 5.74) is 7.70. The van der Waals surface area contributed by atoms with E-state index in [1.54, 1.807) is 0 Å². The summed E-state index contributed by atoms with van der Waals surface area (Å²) in [5.74, 6) is 0. The van der Waals surface area contributed by atoms with E-state index in [-0.39, 0.29) is 0 Å². The lowest BCUT2D eigenvalue weighted by Gasteiger charge is -2.22. The smallest absolute Gasteiger partial charge is 0.147 e. The maximum absolute atomic E-state index is 4.11. The van der Waals surface area contributed by atoms with Crippen molar-refractivity contribution < 1.29 is 4.58 Å². The van der Waals surface area contributed by atoms with Crippen LogP contribution in [0.3, 0.4) is 0 Å². The number of rotatable bonds is 2. The van der Waals surface area contributed by atoms with Crippen LogP contribution in [0.15, 0.2) is 60.8 Å². The lowest BCUT2D eigenvalue weighted by atomic mass is 9.90. The second-order valence-corrected chi connectivity index (χ2v) is 5.91. The molecule has 1 aliphatic rings. The Balaban J connectivity index is 2.09. The molecule has 1 aliphatic heterocycles. The van der Waals surface area contributed by atoms with Crippen molar-refractivity contribution in [2.75, 3.05) is 0 Å². The molecule has 0 saturated carbocycles. The van der Waals surface area contributed by atoms with Gasteiger partial charge in [-0.2, -0.15) is 0 Å². The van der Waals surface area contributed by atoms with Crippen molar-refractivity contribution in [1.29, 1.82) is 0 Å². The second kappa shape index (κ2) is 5.69. The lowest BCUT2D eigenvalue weighted by molar-refractivity contribution is -0.417. The van der Waals surface area contributed by atoms with Crippen LogP contribution < -0.4 is 0 Å². The van der Waals surface area contributed by atoms with Gasteiger partial charge in [-0.1, -0.05) is 41.5 Å². The minimum absolute atomic E-state index is 1.12. The molecule has 3 rings (SSSR count). The van der Waals surface area contributed by atoms with Crippen LogP contribution in [0.25, 0.3) is 5.57 Å². The van der Waals surface area contributed by atoms with Gasteiger partial charge in [0.05, 0.1) is 6.72 Å². The molecule has 0 atom stereocenters. The average molecular weight is 287 g/mol. The molecule has 110 valence electrons. The van der Waals surface area contributed by atoms with Gasteiger partial charge < -0.3 is 0 Å². The van der Waals surface area contributed by atoms with Gasteiger partial charge in [0.2, 0.25) is 0 Å². The standard InChI is InChI=1S/C21H21N/c1-15-12-16(2)21(17(3)13-15)19-10-11-22(4)20(14-19)18-8-6-5-7-9-18/h5-14H,4H2,1-3H3. The van der Waals surface area contributed by atoms with Gasteiger partial charge in [0.1, 0.15) is 12.2 Å². The quantitative estimate of drug-likeness (QED) is 0.550. The fourth-order valence-corrected chi connectivity index (χ4v) is 3.18. The summed E-state index contributed by atoms with van der Waals surface area (Å²) >= 11 is 0. The molecular formula is C21H21N. The number of nitrogens with zero attached hydrogens (tertiary/aromatic N) is 1. The molecule has 22 heavy (non-hydrogen) atoms. The zero-order valence-electron chi connectivity index (χ0n) is 13.4. The molecule has 2 aromatic rings. The Morgan fingerprint density at radius 1 is 0.955 bits per heavy atom. The van der Waals surface area contributed by atoms with Crippen LogP contribution >= 0.6 is 0 Å². The Bertz CT molecular complexity index is 756. The van der Waals surface area contributed by atoms with Crippen molar-refractivity contribution in [3.63, 3.8) is 0 Å². The van der Waals surface area contributed by atoms with Gasteiger partial charge in [-0.05, 0) is 55.2 Å². The van der Waals surface area contributed by atoms with Crippen molar-refractivity contribution >= 4 is 12.3 Å². The van der Waals surface area contributed by atoms with E-state index in [0.29, 0.717) is 0 Å². The minimum atomic E-state index is 1.12. The molecule has 0 unspecified atom stereocenters. The summed E-state index contributed by atoms with van der Waals surface area (Å²) in [6.45, 7) is 10.6. The van der Waals surface area contributed by atoms with Crippen LogP contribution in [0.1, 0.15) is 27.8 Å². The fraction of sp³-hybridized carbons (Fsp3) is 0.143. The molecule has 1 nitrogen and oxygen atoms in total. The SMILES string of the molecule is C=[N+]1C=CC(c2c(C)cc(C)cc2C)=C[C-]1c1ccccc1. The molecule has 2 aromatic carbocycles. The summed E-state index contributed by atoms with van der Waals surface area (Å²) in [6, 6.07) is 16.0. The van der Waals surface area contributed by atoms with Crippen molar-refractivity contribution in [2.24, 2.45) is 0 Å². The Labute approximate surface area is 132 Å². The molecule has 1 heteroatoms. The Morgan fingerprint density at radius 2 is 1.59 bits per heavy atom. The average Bonchev–Trinajstić information content (AvgIpc) is 2.49. The van der Waals surface area contributed by atoms with E-state index in [2.05, 4.69) is 76.0 Å². The first-order valence-corrected chi connectivity index (χ1v) is 7.56. The van der Waals surface area contributed by atoms with Gasteiger partial charge in [0.15, 0.2) is 0 Å². The molecule has 0 N–H and O–H groups in total. The number of hydrogen-bond donors (Lipinski definition) is 0. The fourth-order valence-electron chi connectivity index (χ4n) is 3.18. The largest absolute Gasteiger partial charge is 0.255 e. The van der Waals surface area contributed by atoms with Crippen LogP contribution in [0.4, 0.5) is 0 Å². The topological polar surface area (TPSA) is 3.01 Å². The molecule has 0 aromatic heterocycles. The molecule has 0 saturated heterocycles. The van der Waals surface area contributed by atoms with Gasteiger partial charge in [-0.3, -0.25) is 4.58 Å². The van der Waals surface area contributed by atoms with Crippen LogP contribution in [-0.2, 0) is 0 Å². The van der Waals surface area contributed by atoms with Crippen LogP contribution in [0, 0.1) is 26.8 Å². The first-order valence-electron chi connectivity index (χ1n) is 7.56. The zero-order valence-corrected chi connectivity index (χ0v) is 13.4. The maximum atomic E-state index is 4.11. The Hall–Kier alpha value is -2.54. The highest BCUT2D eigenvalue weighted by Crippen LogP contribution is 2.32. The first-order chi connectivity index (χ1) is 10.6. The van der Waals surface area contributed by atoms with E-state index in [9.17, 15) is 0 Å². The van der Waals surface area contributed by atoms with Gasteiger partial charge in [-0.15, -0.1) is 12.1 Å². The minimum Gasteiger partial charge on any atom is -0.255 e. The van der Waals surface area contributed by atoms with Gasteiger partial charge in [-0.25, -0.2) is 0 Å². The number of allylic oxidation sites excluding steroid dienone is 2. The van der Waals surface area contributed by atoms with Crippen molar-refractivity contribution in [2.45, 2.75) is 20.8 Å². The Kier molecular flexibility index (Phi) is 3.72. The first kappa shape index (κ1) is 14.4. The van der Waals surface area contributed by atoms with Crippen molar-refractivity contribution in [1.82, 2.24) is 0 Å².